The van der Waals surface area contributed by atoms with Crippen LogP contribution in [0, 0.1) is 5.82 Å². The average Bonchev–Trinajstić information content (AvgIpc) is 3.03. The Balaban J connectivity index is 1.46. The maximum Gasteiger partial charge on any atom is 0.251 e. The van der Waals surface area contributed by atoms with Crippen molar-refractivity contribution in [1.29, 1.82) is 0 Å². The highest BCUT2D eigenvalue weighted by Crippen LogP contribution is 2.29. The van der Waals surface area contributed by atoms with Crippen LogP contribution < -0.4 is 15.0 Å². The summed E-state index contributed by atoms with van der Waals surface area (Å²) in [5.74, 6) is -0.324. The van der Waals surface area contributed by atoms with E-state index in [1.54, 1.807) is 48.4 Å². The lowest BCUT2D eigenvalue weighted by Crippen LogP contribution is -2.41. The lowest BCUT2D eigenvalue weighted by molar-refractivity contribution is -0.139. The summed E-state index contributed by atoms with van der Waals surface area (Å²) in [6.07, 6.45) is 0.107. The molecule has 0 spiro atoms. The van der Waals surface area contributed by atoms with E-state index in [2.05, 4.69) is 10.2 Å². The summed E-state index contributed by atoms with van der Waals surface area (Å²) in [5, 5.41) is 3.03. The third kappa shape index (κ3) is 7.33. The zero-order valence-corrected chi connectivity index (χ0v) is 23.5. The largest absolute Gasteiger partial charge is 0.497 e. The molecule has 0 radical (unpaired) electrons. The average molecular weight is 568 g/mol. The normalized spacial score (nSPS) is 13.7. The number of methoxy groups -OCH3 is 1. The van der Waals surface area contributed by atoms with E-state index in [4.69, 9.17) is 9.47 Å². The van der Waals surface area contributed by atoms with Gasteiger partial charge in [-0.3, -0.25) is 9.59 Å². The molecule has 0 saturated carbocycles. The number of carbonyl (C=O) groups excluding carboxylic acids is 2. The van der Waals surface area contributed by atoms with Gasteiger partial charge in [-0.25, -0.2) is 4.39 Å². The van der Waals surface area contributed by atoms with Gasteiger partial charge in [0.2, 0.25) is 5.91 Å². The van der Waals surface area contributed by atoms with Crippen molar-refractivity contribution in [3.63, 3.8) is 0 Å². The maximum absolute atomic E-state index is 14.1. The van der Waals surface area contributed by atoms with Crippen molar-refractivity contribution in [2.45, 2.75) is 19.0 Å². The third-order valence-electron chi connectivity index (χ3n) is 7.29. The summed E-state index contributed by atoms with van der Waals surface area (Å²) < 4.78 is 24.5. The molecule has 1 aliphatic heterocycles. The van der Waals surface area contributed by atoms with E-state index < -0.39 is 6.04 Å². The molecule has 1 aliphatic rings. The maximum atomic E-state index is 14.1. The summed E-state index contributed by atoms with van der Waals surface area (Å²) in [7, 11) is 1.57. The van der Waals surface area contributed by atoms with E-state index in [-0.39, 0.29) is 30.6 Å². The van der Waals surface area contributed by atoms with Crippen molar-refractivity contribution in [2.75, 3.05) is 43.6 Å². The van der Waals surface area contributed by atoms with E-state index in [0.717, 1.165) is 24.3 Å². The summed E-state index contributed by atoms with van der Waals surface area (Å²) in [5.41, 5.74) is 3.84. The fourth-order valence-corrected chi connectivity index (χ4v) is 5.03. The Kier molecular flexibility index (Phi) is 9.46. The summed E-state index contributed by atoms with van der Waals surface area (Å²) in [6.45, 7) is 3.11. The first-order valence-corrected chi connectivity index (χ1v) is 14.0. The fourth-order valence-electron chi connectivity index (χ4n) is 5.03. The quantitative estimate of drug-likeness (QED) is 0.269. The van der Waals surface area contributed by atoms with E-state index in [1.807, 2.05) is 54.6 Å². The molecular formula is C34H34FN3O4. The van der Waals surface area contributed by atoms with Crippen molar-refractivity contribution in [3.8, 4) is 5.75 Å². The third-order valence-corrected chi connectivity index (χ3v) is 7.29. The van der Waals surface area contributed by atoms with Crippen molar-refractivity contribution >= 4 is 23.2 Å². The van der Waals surface area contributed by atoms with Crippen molar-refractivity contribution in [2.24, 2.45) is 0 Å². The van der Waals surface area contributed by atoms with Crippen molar-refractivity contribution < 1.29 is 23.5 Å². The molecule has 0 aliphatic carbocycles. The monoisotopic (exact) mass is 567 g/mol. The van der Waals surface area contributed by atoms with Gasteiger partial charge in [0, 0.05) is 31.0 Å². The second-order valence-electron chi connectivity index (χ2n) is 10.1. The number of hydrogen-bond donors (Lipinski definition) is 1. The number of anilines is 2. The van der Waals surface area contributed by atoms with Gasteiger partial charge in [-0.05, 0) is 65.2 Å². The van der Waals surface area contributed by atoms with Crippen LogP contribution in [-0.2, 0) is 27.3 Å². The smallest absolute Gasteiger partial charge is 0.251 e. The molecular weight excluding hydrogens is 533 g/mol. The lowest BCUT2D eigenvalue weighted by Gasteiger charge is -2.32. The number of halogens is 1. The van der Waals surface area contributed by atoms with Gasteiger partial charge in [0.15, 0.2) is 0 Å². The Morgan fingerprint density at radius 2 is 1.55 bits per heavy atom. The molecule has 1 N–H and O–H groups in total. The standard InChI is InChI=1S/C34H34FN3O4/c1-41-31-17-9-27(10-18-31)33(34(40)36-29-13-15-30(16-14-29)37-19-21-42-22-20-37)38(24-26-7-11-28(35)12-8-26)32(39)23-25-5-3-2-4-6-25/h2-18,33H,19-24H2,1H3,(H,36,40). The van der Waals surface area contributed by atoms with Gasteiger partial charge in [0.25, 0.3) is 5.91 Å². The molecule has 0 bridgehead atoms. The molecule has 42 heavy (non-hydrogen) atoms. The molecule has 1 fully saturated rings. The molecule has 5 rings (SSSR count). The molecule has 4 aromatic carbocycles. The van der Waals surface area contributed by atoms with E-state index in [0.29, 0.717) is 35.8 Å². The Morgan fingerprint density at radius 3 is 2.19 bits per heavy atom. The minimum Gasteiger partial charge on any atom is -0.497 e. The zero-order valence-electron chi connectivity index (χ0n) is 23.5. The molecule has 1 atom stereocenters. The zero-order chi connectivity index (χ0) is 29.3. The Hall–Kier alpha value is -4.69. The molecule has 1 unspecified atom stereocenters. The number of benzene rings is 4. The number of amides is 2. The van der Waals surface area contributed by atoms with E-state index >= 15 is 0 Å². The van der Waals surface area contributed by atoms with Crippen molar-refractivity contribution in [1.82, 2.24) is 4.90 Å². The molecule has 4 aromatic rings. The predicted molar refractivity (Wildman–Crippen MR) is 161 cm³/mol. The Labute approximate surface area is 245 Å². The van der Waals surface area contributed by atoms with Gasteiger partial charge in [-0.15, -0.1) is 0 Å². The van der Waals surface area contributed by atoms with Crippen LogP contribution in [0.15, 0.2) is 103 Å². The highest BCUT2D eigenvalue weighted by molar-refractivity contribution is 5.98. The molecule has 2 amide bonds. The topological polar surface area (TPSA) is 71.1 Å². The number of nitrogens with one attached hydrogen (secondary N) is 1. The second-order valence-corrected chi connectivity index (χ2v) is 10.1. The number of hydrogen-bond acceptors (Lipinski definition) is 5. The summed E-state index contributed by atoms with van der Waals surface area (Å²) in [6, 6.07) is 29.2. The number of carbonyl (C=O) groups is 2. The fraction of sp³-hybridized carbons (Fsp3) is 0.235. The van der Waals surface area contributed by atoms with Crippen LogP contribution in [0.1, 0.15) is 22.7 Å². The first-order chi connectivity index (χ1) is 20.5. The van der Waals surface area contributed by atoms with E-state index in [1.165, 1.54) is 12.1 Å². The molecule has 1 heterocycles. The highest BCUT2D eigenvalue weighted by atomic mass is 19.1. The van der Waals surface area contributed by atoms with Crippen LogP contribution in [0.5, 0.6) is 5.75 Å². The molecule has 216 valence electrons. The Morgan fingerprint density at radius 1 is 0.881 bits per heavy atom. The second kappa shape index (κ2) is 13.8. The van der Waals surface area contributed by atoms with Gasteiger partial charge in [-0.2, -0.15) is 0 Å². The molecule has 0 aromatic heterocycles. The molecule has 8 heteroatoms. The van der Waals surface area contributed by atoms with Crippen LogP contribution in [-0.4, -0.2) is 50.1 Å². The number of rotatable bonds is 10. The predicted octanol–water partition coefficient (Wildman–Crippen LogP) is 5.62. The summed E-state index contributed by atoms with van der Waals surface area (Å²) in [4.78, 5) is 31.8. The van der Waals surface area contributed by atoms with Gasteiger partial charge >= 0.3 is 0 Å². The number of nitrogens with zero attached hydrogens (tertiary/aromatic N) is 2. The van der Waals surface area contributed by atoms with Crippen LogP contribution in [0.4, 0.5) is 15.8 Å². The summed E-state index contributed by atoms with van der Waals surface area (Å²) >= 11 is 0. The van der Waals surface area contributed by atoms with Gasteiger partial charge in [0.1, 0.15) is 17.6 Å². The van der Waals surface area contributed by atoms with Crippen molar-refractivity contribution in [3.05, 3.63) is 126 Å². The van der Waals surface area contributed by atoms with Crippen LogP contribution in [0.25, 0.3) is 0 Å². The Bertz CT molecular complexity index is 1460. The molecule has 1 saturated heterocycles. The van der Waals surface area contributed by atoms with Crippen LogP contribution in [0.3, 0.4) is 0 Å². The van der Waals surface area contributed by atoms with Gasteiger partial charge in [-0.1, -0.05) is 54.6 Å². The van der Waals surface area contributed by atoms with Crippen LogP contribution in [0.2, 0.25) is 0 Å². The lowest BCUT2D eigenvalue weighted by atomic mass is 10.0. The first-order valence-electron chi connectivity index (χ1n) is 14.0. The van der Waals surface area contributed by atoms with Gasteiger partial charge in [0.05, 0.1) is 26.7 Å². The minimum atomic E-state index is -0.962. The van der Waals surface area contributed by atoms with Gasteiger partial charge < -0.3 is 24.6 Å². The number of ether oxygens (including phenoxy) is 2. The van der Waals surface area contributed by atoms with Crippen LogP contribution >= 0.6 is 0 Å². The first kappa shape index (κ1) is 28.8. The van der Waals surface area contributed by atoms with E-state index in [9.17, 15) is 14.0 Å². The SMILES string of the molecule is COc1ccc(C(C(=O)Nc2ccc(N3CCOCC3)cc2)N(Cc2ccc(F)cc2)C(=O)Cc2ccccc2)cc1. The number of morpholine rings is 1. The molecule has 7 nitrogen and oxygen atoms in total. The highest BCUT2D eigenvalue weighted by Gasteiger charge is 2.32. The minimum absolute atomic E-state index is 0.107.